The minimum atomic E-state index is 0.734. The molecule has 0 aliphatic rings. The number of hydrogen-bond donors (Lipinski definition) is 1. The van der Waals surface area contributed by atoms with Crippen LogP contribution in [-0.4, -0.2) is 4.98 Å². The number of nitrogen functional groups attached to an aromatic ring is 1. The molecule has 100 valence electrons. The summed E-state index contributed by atoms with van der Waals surface area (Å²) in [5.74, 6) is 1.59. The first-order chi connectivity index (χ1) is 9.65. The molecule has 0 bridgehead atoms. The lowest BCUT2D eigenvalue weighted by Gasteiger charge is -2.12. The predicted molar refractivity (Wildman–Crippen MR) is 82.1 cm³/mol. The van der Waals surface area contributed by atoms with E-state index in [0.29, 0.717) is 0 Å². The molecule has 2 aromatic carbocycles. The number of fused-ring (bicyclic) bond motifs is 1. The Kier molecular flexibility index (Phi) is 3.03. The van der Waals surface area contributed by atoms with Crippen LogP contribution >= 0.6 is 0 Å². The highest BCUT2D eigenvalue weighted by Gasteiger charge is 2.08. The Morgan fingerprint density at radius 1 is 0.950 bits per heavy atom. The molecule has 0 saturated carbocycles. The van der Waals surface area contributed by atoms with Crippen LogP contribution in [0.5, 0.6) is 11.5 Å². The summed E-state index contributed by atoms with van der Waals surface area (Å²) in [4.78, 5) is 4.51. The van der Waals surface area contributed by atoms with Gasteiger partial charge in [-0.15, -0.1) is 0 Å². The van der Waals surface area contributed by atoms with Crippen molar-refractivity contribution in [1.29, 1.82) is 0 Å². The van der Waals surface area contributed by atoms with Crippen molar-refractivity contribution in [3.63, 3.8) is 0 Å². The fourth-order valence-corrected chi connectivity index (χ4v) is 2.21. The standard InChI is InChI=1S/C17H16N2O/c1-11-10-17(13-6-3-4-8-15(13)19-11)20-16-9-5-7-14(18)12(16)2/h3-10H,18H2,1-2H3. The lowest BCUT2D eigenvalue weighted by molar-refractivity contribution is 0.484. The molecule has 1 aromatic heterocycles. The van der Waals surface area contributed by atoms with E-state index in [0.717, 1.165) is 39.3 Å². The highest BCUT2D eigenvalue weighted by atomic mass is 16.5. The number of anilines is 1. The van der Waals surface area contributed by atoms with E-state index in [1.807, 2.05) is 62.4 Å². The van der Waals surface area contributed by atoms with Crippen molar-refractivity contribution in [2.45, 2.75) is 13.8 Å². The van der Waals surface area contributed by atoms with Gasteiger partial charge in [-0.25, -0.2) is 0 Å². The minimum absolute atomic E-state index is 0.734. The molecule has 0 radical (unpaired) electrons. The van der Waals surface area contributed by atoms with E-state index < -0.39 is 0 Å². The van der Waals surface area contributed by atoms with Crippen molar-refractivity contribution in [3.05, 3.63) is 59.8 Å². The smallest absolute Gasteiger partial charge is 0.138 e. The van der Waals surface area contributed by atoms with Gasteiger partial charge in [0.2, 0.25) is 0 Å². The predicted octanol–water partition coefficient (Wildman–Crippen LogP) is 4.23. The maximum atomic E-state index is 6.06. The van der Waals surface area contributed by atoms with Crippen molar-refractivity contribution in [2.24, 2.45) is 0 Å². The highest BCUT2D eigenvalue weighted by molar-refractivity contribution is 5.85. The number of benzene rings is 2. The fourth-order valence-electron chi connectivity index (χ4n) is 2.21. The molecule has 0 aliphatic carbocycles. The van der Waals surface area contributed by atoms with Gasteiger partial charge in [0.05, 0.1) is 5.52 Å². The summed E-state index contributed by atoms with van der Waals surface area (Å²) >= 11 is 0. The van der Waals surface area contributed by atoms with Gasteiger partial charge in [0.25, 0.3) is 0 Å². The number of nitrogens with zero attached hydrogens (tertiary/aromatic N) is 1. The third kappa shape index (κ3) is 2.18. The normalized spacial score (nSPS) is 10.7. The van der Waals surface area contributed by atoms with Gasteiger partial charge in [0.15, 0.2) is 0 Å². The molecule has 0 spiro atoms. The second-order valence-corrected chi connectivity index (χ2v) is 4.85. The maximum absolute atomic E-state index is 6.06. The first-order valence-electron chi connectivity index (χ1n) is 6.54. The highest BCUT2D eigenvalue weighted by Crippen LogP contribution is 2.32. The van der Waals surface area contributed by atoms with E-state index in [2.05, 4.69) is 4.98 Å². The molecule has 0 unspecified atom stereocenters. The van der Waals surface area contributed by atoms with E-state index in [-0.39, 0.29) is 0 Å². The zero-order chi connectivity index (χ0) is 14.1. The summed E-state index contributed by atoms with van der Waals surface area (Å²) in [5, 5.41) is 1.000. The quantitative estimate of drug-likeness (QED) is 0.705. The van der Waals surface area contributed by atoms with Crippen LogP contribution in [-0.2, 0) is 0 Å². The largest absolute Gasteiger partial charge is 0.456 e. The van der Waals surface area contributed by atoms with Gasteiger partial charge in [-0.2, -0.15) is 0 Å². The second-order valence-electron chi connectivity index (χ2n) is 4.85. The van der Waals surface area contributed by atoms with Gasteiger partial charge in [-0.05, 0) is 38.1 Å². The van der Waals surface area contributed by atoms with Crippen LogP contribution < -0.4 is 10.5 Å². The lowest BCUT2D eigenvalue weighted by Crippen LogP contribution is -1.95. The molecule has 3 nitrogen and oxygen atoms in total. The SMILES string of the molecule is Cc1cc(Oc2cccc(N)c2C)c2ccccc2n1. The Bertz CT molecular complexity index is 781. The second kappa shape index (κ2) is 4.85. The lowest BCUT2D eigenvalue weighted by atomic mass is 10.1. The van der Waals surface area contributed by atoms with Crippen LogP contribution in [0, 0.1) is 13.8 Å². The summed E-state index contributed by atoms with van der Waals surface area (Å²) in [5.41, 5.74) is 9.47. The number of aromatic nitrogens is 1. The van der Waals surface area contributed by atoms with Gasteiger partial charge in [0.1, 0.15) is 11.5 Å². The number of nitrogens with two attached hydrogens (primary N) is 1. The molecule has 0 saturated heterocycles. The molecule has 20 heavy (non-hydrogen) atoms. The number of ether oxygens (including phenoxy) is 1. The number of rotatable bonds is 2. The molecule has 3 heteroatoms. The Balaban J connectivity index is 2.13. The molecule has 3 aromatic rings. The molecular weight excluding hydrogens is 248 g/mol. The summed E-state index contributed by atoms with van der Waals surface area (Å²) in [7, 11) is 0. The fraction of sp³-hybridized carbons (Fsp3) is 0.118. The topological polar surface area (TPSA) is 48.1 Å². The van der Waals surface area contributed by atoms with Crippen LogP contribution in [0.4, 0.5) is 5.69 Å². The van der Waals surface area contributed by atoms with E-state index >= 15 is 0 Å². The Morgan fingerprint density at radius 2 is 1.75 bits per heavy atom. The van der Waals surface area contributed by atoms with Gasteiger partial charge >= 0.3 is 0 Å². The van der Waals surface area contributed by atoms with E-state index in [4.69, 9.17) is 10.5 Å². The van der Waals surface area contributed by atoms with Gasteiger partial charge in [-0.3, -0.25) is 4.98 Å². The van der Waals surface area contributed by atoms with Crippen LogP contribution in [0.3, 0.4) is 0 Å². The Morgan fingerprint density at radius 3 is 2.60 bits per heavy atom. The Hall–Kier alpha value is -2.55. The maximum Gasteiger partial charge on any atom is 0.138 e. The van der Waals surface area contributed by atoms with E-state index in [1.165, 1.54) is 0 Å². The average Bonchev–Trinajstić information content (AvgIpc) is 2.43. The van der Waals surface area contributed by atoms with Crippen molar-refractivity contribution < 1.29 is 4.74 Å². The van der Waals surface area contributed by atoms with Crippen LogP contribution in [0.2, 0.25) is 0 Å². The number of aryl methyl sites for hydroxylation is 1. The Labute approximate surface area is 118 Å². The van der Waals surface area contributed by atoms with Crippen LogP contribution in [0.1, 0.15) is 11.3 Å². The summed E-state index contributed by atoms with van der Waals surface area (Å²) in [6, 6.07) is 15.6. The van der Waals surface area contributed by atoms with Crippen molar-refractivity contribution in [1.82, 2.24) is 4.98 Å². The molecule has 0 amide bonds. The first kappa shape index (κ1) is 12.5. The first-order valence-corrected chi connectivity index (χ1v) is 6.54. The number of hydrogen-bond acceptors (Lipinski definition) is 3. The van der Waals surface area contributed by atoms with Crippen LogP contribution in [0.25, 0.3) is 10.9 Å². The number of pyridine rings is 1. The van der Waals surface area contributed by atoms with Crippen molar-refractivity contribution in [3.8, 4) is 11.5 Å². The number of para-hydroxylation sites is 1. The summed E-state index contributed by atoms with van der Waals surface area (Å²) < 4.78 is 6.06. The zero-order valence-electron chi connectivity index (χ0n) is 11.6. The van der Waals surface area contributed by atoms with Crippen molar-refractivity contribution in [2.75, 3.05) is 5.73 Å². The van der Waals surface area contributed by atoms with Crippen LogP contribution in [0.15, 0.2) is 48.5 Å². The van der Waals surface area contributed by atoms with E-state index in [1.54, 1.807) is 0 Å². The molecule has 2 N–H and O–H groups in total. The van der Waals surface area contributed by atoms with Gasteiger partial charge in [0, 0.05) is 28.4 Å². The molecule has 0 atom stereocenters. The average molecular weight is 264 g/mol. The summed E-state index contributed by atoms with van der Waals surface area (Å²) in [6.07, 6.45) is 0. The third-order valence-electron chi connectivity index (χ3n) is 3.35. The molecule has 0 aliphatic heterocycles. The monoisotopic (exact) mass is 264 g/mol. The molecule has 1 heterocycles. The van der Waals surface area contributed by atoms with Crippen molar-refractivity contribution >= 4 is 16.6 Å². The molecule has 3 rings (SSSR count). The van der Waals surface area contributed by atoms with Gasteiger partial charge < -0.3 is 10.5 Å². The zero-order valence-corrected chi connectivity index (χ0v) is 11.6. The summed E-state index contributed by atoms with van der Waals surface area (Å²) in [6.45, 7) is 3.92. The minimum Gasteiger partial charge on any atom is -0.456 e. The van der Waals surface area contributed by atoms with E-state index in [9.17, 15) is 0 Å². The third-order valence-corrected chi connectivity index (χ3v) is 3.35. The molecule has 0 fully saturated rings. The van der Waals surface area contributed by atoms with Gasteiger partial charge in [-0.1, -0.05) is 18.2 Å². The molecular formula is C17H16N2O.